The number of thiocarbonyl (C=S) groups is 1. The minimum atomic E-state index is -3.65. The molecule has 1 aromatic rings. The number of methoxy groups -OCH3 is 1. The van der Waals surface area contributed by atoms with Gasteiger partial charge in [0, 0.05) is 39.4 Å². The van der Waals surface area contributed by atoms with Gasteiger partial charge in [-0.25, -0.2) is 13.4 Å². The van der Waals surface area contributed by atoms with Crippen molar-refractivity contribution in [3.05, 3.63) is 12.5 Å². The molecule has 0 spiro atoms. The average Bonchev–Trinajstić information content (AvgIpc) is 2.87. The second-order valence-corrected chi connectivity index (χ2v) is 6.56. The van der Waals surface area contributed by atoms with Gasteiger partial charge in [-0.1, -0.05) is 12.2 Å². The van der Waals surface area contributed by atoms with Crippen molar-refractivity contribution >= 4 is 27.2 Å². The van der Waals surface area contributed by atoms with Gasteiger partial charge in [0.2, 0.25) is 0 Å². The molecule has 0 atom stereocenters. The van der Waals surface area contributed by atoms with Crippen molar-refractivity contribution in [2.24, 2.45) is 5.73 Å². The van der Waals surface area contributed by atoms with Crippen molar-refractivity contribution in [1.29, 1.82) is 0 Å². The Morgan fingerprint density at radius 2 is 2.25 bits per heavy atom. The summed E-state index contributed by atoms with van der Waals surface area (Å²) < 4.78 is 32.9. The van der Waals surface area contributed by atoms with Crippen LogP contribution in [0.1, 0.15) is 13.3 Å². The second kappa shape index (κ2) is 7.67. The van der Waals surface area contributed by atoms with Gasteiger partial charge in [0.15, 0.2) is 5.03 Å². The van der Waals surface area contributed by atoms with E-state index in [4.69, 9.17) is 22.7 Å². The Bertz CT molecular complexity index is 542. The zero-order valence-electron chi connectivity index (χ0n) is 11.7. The van der Waals surface area contributed by atoms with Crippen molar-refractivity contribution in [3.63, 3.8) is 0 Å². The summed E-state index contributed by atoms with van der Waals surface area (Å²) in [4.78, 5) is 4.22. The fraction of sp³-hybridized carbons (Fsp3) is 0.636. The Hall–Kier alpha value is -1.03. The van der Waals surface area contributed by atoms with Crippen molar-refractivity contribution in [3.8, 4) is 0 Å². The molecule has 114 valence electrons. The maximum atomic E-state index is 12.5. The van der Waals surface area contributed by atoms with E-state index in [1.165, 1.54) is 23.9 Å². The van der Waals surface area contributed by atoms with E-state index >= 15 is 0 Å². The third-order valence-corrected chi connectivity index (χ3v) is 4.72. The van der Waals surface area contributed by atoms with Crippen LogP contribution in [0.5, 0.6) is 0 Å². The Labute approximate surface area is 124 Å². The molecule has 0 aliphatic carbocycles. The van der Waals surface area contributed by atoms with Gasteiger partial charge in [-0.05, 0) is 6.92 Å². The predicted octanol–water partition coefficient (Wildman–Crippen LogP) is 0.216. The smallest absolute Gasteiger partial charge is 0.262 e. The van der Waals surface area contributed by atoms with Gasteiger partial charge >= 0.3 is 0 Å². The molecule has 1 rings (SSSR count). The average molecular weight is 320 g/mol. The van der Waals surface area contributed by atoms with Crippen LogP contribution in [0.2, 0.25) is 0 Å². The van der Waals surface area contributed by atoms with E-state index in [1.54, 1.807) is 4.57 Å². The summed E-state index contributed by atoms with van der Waals surface area (Å²) in [5, 5.41) is 0.0263. The summed E-state index contributed by atoms with van der Waals surface area (Å²) in [5.74, 6) is 0. The number of hydrogen-bond acceptors (Lipinski definition) is 5. The lowest BCUT2D eigenvalue weighted by Crippen LogP contribution is -2.36. The summed E-state index contributed by atoms with van der Waals surface area (Å²) in [6, 6.07) is 0. The van der Waals surface area contributed by atoms with Gasteiger partial charge < -0.3 is 15.0 Å². The van der Waals surface area contributed by atoms with E-state index in [1.807, 2.05) is 6.92 Å². The number of imidazole rings is 1. The van der Waals surface area contributed by atoms with Crippen molar-refractivity contribution in [2.75, 3.05) is 26.8 Å². The van der Waals surface area contributed by atoms with Crippen LogP contribution in [0.15, 0.2) is 17.6 Å². The van der Waals surface area contributed by atoms with Crippen LogP contribution in [0.4, 0.5) is 0 Å². The lowest BCUT2D eigenvalue weighted by Gasteiger charge is -2.20. The molecule has 1 aromatic heterocycles. The molecule has 0 aliphatic rings. The van der Waals surface area contributed by atoms with Crippen molar-refractivity contribution in [2.45, 2.75) is 24.9 Å². The Balaban J connectivity index is 2.93. The van der Waals surface area contributed by atoms with Crippen molar-refractivity contribution in [1.82, 2.24) is 13.9 Å². The fourth-order valence-electron chi connectivity index (χ4n) is 1.56. The molecule has 1 heterocycles. The third kappa shape index (κ3) is 4.51. The Morgan fingerprint density at radius 1 is 1.55 bits per heavy atom. The van der Waals surface area contributed by atoms with Crippen LogP contribution in [0.25, 0.3) is 0 Å². The van der Waals surface area contributed by atoms with Crippen LogP contribution in [0.3, 0.4) is 0 Å². The molecule has 0 bridgehead atoms. The predicted molar refractivity (Wildman–Crippen MR) is 79.9 cm³/mol. The Morgan fingerprint density at radius 3 is 2.75 bits per heavy atom. The zero-order chi connectivity index (χ0) is 15.2. The molecule has 7 nitrogen and oxygen atoms in total. The number of aryl methyl sites for hydroxylation is 1. The molecular formula is C11H20N4O3S2. The normalized spacial score (nSPS) is 11.9. The van der Waals surface area contributed by atoms with E-state index < -0.39 is 10.0 Å². The maximum Gasteiger partial charge on any atom is 0.262 e. The maximum absolute atomic E-state index is 12.5. The molecule has 0 radical (unpaired) electrons. The lowest BCUT2D eigenvalue weighted by molar-refractivity contribution is 0.179. The highest BCUT2D eigenvalue weighted by atomic mass is 32.2. The van der Waals surface area contributed by atoms with E-state index in [-0.39, 0.29) is 23.1 Å². The lowest BCUT2D eigenvalue weighted by atomic mass is 10.4. The van der Waals surface area contributed by atoms with Gasteiger partial charge in [0.1, 0.15) is 0 Å². The number of rotatable bonds is 9. The highest BCUT2D eigenvalue weighted by Crippen LogP contribution is 2.13. The van der Waals surface area contributed by atoms with Gasteiger partial charge in [-0.3, -0.25) is 0 Å². The highest BCUT2D eigenvalue weighted by molar-refractivity contribution is 7.89. The largest absolute Gasteiger partial charge is 0.393 e. The number of hydrogen-bond donors (Lipinski definition) is 1. The topological polar surface area (TPSA) is 90.5 Å². The van der Waals surface area contributed by atoms with E-state index in [0.29, 0.717) is 19.6 Å². The number of nitrogens with zero attached hydrogens (tertiary/aromatic N) is 3. The van der Waals surface area contributed by atoms with Crippen LogP contribution in [-0.4, -0.2) is 54.1 Å². The van der Waals surface area contributed by atoms with Gasteiger partial charge in [0.25, 0.3) is 10.0 Å². The zero-order valence-corrected chi connectivity index (χ0v) is 13.3. The van der Waals surface area contributed by atoms with E-state index in [2.05, 4.69) is 4.98 Å². The molecule has 0 amide bonds. The molecule has 9 heteroatoms. The first-order valence-electron chi connectivity index (χ1n) is 6.21. The molecule has 0 saturated carbocycles. The standard InChI is InChI=1S/C11H20N4O3S2/c1-3-14-8-11(13-9-14)20(16,17)15(6-7-18-2)5-4-10(12)19/h8-9H,3-7H2,1-2H3,(H2,12,19). The molecular weight excluding hydrogens is 300 g/mol. The van der Waals surface area contributed by atoms with Crippen molar-refractivity contribution < 1.29 is 13.2 Å². The summed E-state index contributed by atoms with van der Waals surface area (Å²) in [5.41, 5.74) is 5.44. The van der Waals surface area contributed by atoms with Gasteiger partial charge in [-0.2, -0.15) is 4.31 Å². The molecule has 2 N–H and O–H groups in total. The molecule has 0 saturated heterocycles. The van der Waals surface area contributed by atoms with E-state index in [9.17, 15) is 8.42 Å². The quantitative estimate of drug-likeness (QED) is 0.654. The number of aromatic nitrogens is 2. The van der Waals surface area contributed by atoms with E-state index in [0.717, 1.165) is 0 Å². The van der Waals surface area contributed by atoms with Gasteiger partial charge in [-0.15, -0.1) is 0 Å². The summed E-state index contributed by atoms with van der Waals surface area (Å²) >= 11 is 4.79. The van der Waals surface area contributed by atoms with Crippen LogP contribution in [0, 0.1) is 0 Å². The van der Waals surface area contributed by atoms with Crippen LogP contribution in [-0.2, 0) is 21.3 Å². The summed E-state index contributed by atoms with van der Waals surface area (Å²) in [6.45, 7) is 3.33. The second-order valence-electron chi connectivity index (χ2n) is 4.16. The molecule has 0 aliphatic heterocycles. The first kappa shape index (κ1) is 17.0. The molecule has 0 fully saturated rings. The number of ether oxygens (including phenoxy) is 1. The minimum absolute atomic E-state index is 0.0263. The molecule has 0 unspecified atom stereocenters. The first-order valence-corrected chi connectivity index (χ1v) is 8.05. The molecule has 20 heavy (non-hydrogen) atoms. The van der Waals surface area contributed by atoms with Crippen LogP contribution >= 0.6 is 12.2 Å². The number of sulfonamides is 1. The Kier molecular flexibility index (Phi) is 6.53. The van der Waals surface area contributed by atoms with Crippen LogP contribution < -0.4 is 5.73 Å². The third-order valence-electron chi connectivity index (χ3n) is 2.73. The summed E-state index contributed by atoms with van der Waals surface area (Å²) in [7, 11) is -2.13. The molecule has 0 aromatic carbocycles. The highest BCUT2D eigenvalue weighted by Gasteiger charge is 2.26. The SMILES string of the molecule is CCn1cnc(S(=O)(=O)N(CCOC)CCC(N)=S)c1. The van der Waals surface area contributed by atoms with Gasteiger partial charge in [0.05, 0.1) is 17.9 Å². The monoisotopic (exact) mass is 320 g/mol. The summed E-state index contributed by atoms with van der Waals surface area (Å²) in [6.07, 6.45) is 3.33. The first-order chi connectivity index (χ1) is 9.41. The number of nitrogens with two attached hydrogens (primary N) is 1. The fourth-order valence-corrected chi connectivity index (χ4v) is 3.01. The minimum Gasteiger partial charge on any atom is -0.393 e.